The Kier molecular flexibility index (Phi) is 4.14. The Morgan fingerprint density at radius 1 is 1.14 bits per heavy atom. The van der Waals surface area contributed by atoms with Gasteiger partial charge in [-0.2, -0.15) is 0 Å². The van der Waals surface area contributed by atoms with Crippen LogP contribution in [0.4, 0.5) is 5.69 Å². The Hall–Kier alpha value is -2.29. The van der Waals surface area contributed by atoms with Crippen molar-refractivity contribution in [3.8, 4) is 5.75 Å². The molecule has 0 fully saturated rings. The van der Waals surface area contributed by atoms with Crippen molar-refractivity contribution in [3.05, 3.63) is 59.7 Å². The summed E-state index contributed by atoms with van der Waals surface area (Å²) in [6, 6.07) is 15.9. The molecule has 0 saturated heterocycles. The molecule has 1 unspecified atom stereocenters. The van der Waals surface area contributed by atoms with E-state index < -0.39 is 0 Å². The van der Waals surface area contributed by atoms with Crippen LogP contribution < -0.4 is 10.1 Å². The van der Waals surface area contributed by atoms with Gasteiger partial charge in [-0.1, -0.05) is 50.2 Å². The van der Waals surface area contributed by atoms with Gasteiger partial charge < -0.3 is 10.1 Å². The number of rotatable bonds is 3. The molecular formula is C19H21NO2. The molecule has 0 aliphatic carbocycles. The Morgan fingerprint density at radius 2 is 1.86 bits per heavy atom. The number of carbonyl (C=O) groups excluding carboxylic acids is 1. The lowest BCUT2D eigenvalue weighted by Gasteiger charge is -2.25. The molecule has 1 aliphatic heterocycles. The average Bonchev–Trinajstić information content (AvgIpc) is 2.54. The molecule has 0 saturated carbocycles. The van der Waals surface area contributed by atoms with Gasteiger partial charge in [0, 0.05) is 5.69 Å². The van der Waals surface area contributed by atoms with Gasteiger partial charge in [-0.25, -0.2) is 0 Å². The molecule has 0 spiro atoms. The highest BCUT2D eigenvalue weighted by Gasteiger charge is 2.26. The van der Waals surface area contributed by atoms with Crippen molar-refractivity contribution >= 4 is 11.6 Å². The monoisotopic (exact) mass is 295 g/mol. The SMILES string of the molecule is CC(C)c1ccccc1NC(=O)C1COc2ccccc2C1. The average molecular weight is 295 g/mol. The lowest BCUT2D eigenvalue weighted by atomic mass is 9.95. The highest BCUT2D eigenvalue weighted by Crippen LogP contribution is 2.29. The van der Waals surface area contributed by atoms with Crippen molar-refractivity contribution in [1.29, 1.82) is 0 Å². The Balaban J connectivity index is 1.74. The first-order chi connectivity index (χ1) is 10.6. The maximum Gasteiger partial charge on any atom is 0.231 e. The molecule has 2 aromatic carbocycles. The van der Waals surface area contributed by atoms with Crippen LogP contribution >= 0.6 is 0 Å². The lowest BCUT2D eigenvalue weighted by molar-refractivity contribution is -0.121. The number of carbonyl (C=O) groups is 1. The zero-order valence-electron chi connectivity index (χ0n) is 13.0. The Bertz CT molecular complexity index is 679. The summed E-state index contributed by atoms with van der Waals surface area (Å²) in [6.45, 7) is 4.70. The number of fused-ring (bicyclic) bond motifs is 1. The number of nitrogens with one attached hydrogen (secondary N) is 1. The Labute approximate surface area is 131 Å². The summed E-state index contributed by atoms with van der Waals surface area (Å²) in [4.78, 5) is 12.6. The fourth-order valence-corrected chi connectivity index (χ4v) is 2.85. The molecule has 22 heavy (non-hydrogen) atoms. The van der Waals surface area contributed by atoms with Crippen molar-refractivity contribution in [2.75, 3.05) is 11.9 Å². The highest BCUT2D eigenvalue weighted by atomic mass is 16.5. The van der Waals surface area contributed by atoms with E-state index in [9.17, 15) is 4.79 Å². The minimum atomic E-state index is -0.143. The molecule has 1 amide bonds. The van der Waals surface area contributed by atoms with Crippen LogP contribution in [-0.4, -0.2) is 12.5 Å². The van der Waals surface area contributed by atoms with Gasteiger partial charge in [0.05, 0.1) is 5.92 Å². The summed E-state index contributed by atoms with van der Waals surface area (Å²) in [5, 5.41) is 3.07. The first-order valence-corrected chi connectivity index (χ1v) is 7.75. The quantitative estimate of drug-likeness (QED) is 0.929. The van der Waals surface area contributed by atoms with E-state index in [0.717, 1.165) is 29.0 Å². The van der Waals surface area contributed by atoms with Gasteiger partial charge in [-0.15, -0.1) is 0 Å². The third kappa shape index (κ3) is 2.98. The van der Waals surface area contributed by atoms with Gasteiger partial charge in [0.2, 0.25) is 5.91 Å². The molecule has 114 valence electrons. The summed E-state index contributed by atoms with van der Waals surface area (Å²) in [5.41, 5.74) is 3.17. The Morgan fingerprint density at radius 3 is 2.68 bits per heavy atom. The predicted octanol–water partition coefficient (Wildman–Crippen LogP) is 4.00. The number of hydrogen-bond donors (Lipinski definition) is 1. The van der Waals surface area contributed by atoms with Crippen LogP contribution in [0.5, 0.6) is 5.75 Å². The van der Waals surface area contributed by atoms with Gasteiger partial charge in [-0.3, -0.25) is 4.79 Å². The molecule has 3 nitrogen and oxygen atoms in total. The van der Waals surface area contributed by atoms with Gasteiger partial charge in [0.1, 0.15) is 12.4 Å². The van der Waals surface area contributed by atoms with Crippen LogP contribution in [0, 0.1) is 5.92 Å². The molecule has 3 rings (SSSR count). The topological polar surface area (TPSA) is 38.3 Å². The van der Waals surface area contributed by atoms with Crippen LogP contribution in [0.2, 0.25) is 0 Å². The molecular weight excluding hydrogens is 274 g/mol. The standard InChI is InChI=1S/C19H21NO2/c1-13(2)16-8-4-5-9-17(16)20-19(21)15-11-14-7-3-6-10-18(14)22-12-15/h3-10,13,15H,11-12H2,1-2H3,(H,20,21). The molecule has 1 heterocycles. The van der Waals surface area contributed by atoms with Crippen LogP contribution in [0.3, 0.4) is 0 Å². The summed E-state index contributed by atoms with van der Waals surface area (Å²) in [7, 11) is 0. The van der Waals surface area contributed by atoms with E-state index in [1.807, 2.05) is 42.5 Å². The van der Waals surface area contributed by atoms with E-state index in [1.165, 1.54) is 0 Å². The minimum absolute atomic E-state index is 0.0302. The second-order valence-corrected chi connectivity index (χ2v) is 6.05. The van der Waals surface area contributed by atoms with E-state index in [0.29, 0.717) is 12.5 Å². The predicted molar refractivity (Wildman–Crippen MR) is 88.3 cm³/mol. The molecule has 0 aromatic heterocycles. The van der Waals surface area contributed by atoms with Gasteiger partial charge >= 0.3 is 0 Å². The maximum absolute atomic E-state index is 12.6. The molecule has 3 heteroatoms. The second kappa shape index (κ2) is 6.22. The van der Waals surface area contributed by atoms with E-state index in [-0.39, 0.29) is 11.8 Å². The fourth-order valence-electron chi connectivity index (χ4n) is 2.85. The number of benzene rings is 2. The van der Waals surface area contributed by atoms with Crippen LogP contribution in [0.25, 0.3) is 0 Å². The van der Waals surface area contributed by atoms with Gasteiger partial charge in [0.15, 0.2) is 0 Å². The van der Waals surface area contributed by atoms with E-state index >= 15 is 0 Å². The zero-order valence-corrected chi connectivity index (χ0v) is 13.0. The molecule has 1 aliphatic rings. The van der Waals surface area contributed by atoms with Crippen molar-refractivity contribution in [3.63, 3.8) is 0 Å². The molecule has 2 aromatic rings. The van der Waals surface area contributed by atoms with Crippen molar-refractivity contribution in [2.45, 2.75) is 26.2 Å². The van der Waals surface area contributed by atoms with Crippen molar-refractivity contribution in [1.82, 2.24) is 0 Å². The molecule has 1 atom stereocenters. The fraction of sp³-hybridized carbons (Fsp3) is 0.316. The summed E-state index contributed by atoms with van der Waals surface area (Å²) in [6.07, 6.45) is 0.728. The lowest BCUT2D eigenvalue weighted by Crippen LogP contribution is -2.32. The van der Waals surface area contributed by atoms with Gasteiger partial charge in [-0.05, 0) is 35.6 Å². The zero-order chi connectivity index (χ0) is 15.5. The van der Waals surface area contributed by atoms with Crippen molar-refractivity contribution < 1.29 is 9.53 Å². The van der Waals surface area contributed by atoms with Crippen molar-refractivity contribution in [2.24, 2.45) is 5.92 Å². The first-order valence-electron chi connectivity index (χ1n) is 7.75. The van der Waals surface area contributed by atoms with E-state index in [2.05, 4.69) is 25.2 Å². The molecule has 0 radical (unpaired) electrons. The number of ether oxygens (including phenoxy) is 1. The summed E-state index contributed by atoms with van der Waals surface area (Å²) in [5.74, 6) is 1.16. The summed E-state index contributed by atoms with van der Waals surface area (Å²) >= 11 is 0. The number of amides is 1. The smallest absolute Gasteiger partial charge is 0.231 e. The second-order valence-electron chi connectivity index (χ2n) is 6.05. The van der Waals surface area contributed by atoms with E-state index in [4.69, 9.17) is 4.74 Å². The third-order valence-electron chi connectivity index (χ3n) is 4.09. The van der Waals surface area contributed by atoms with Crippen LogP contribution in [0.15, 0.2) is 48.5 Å². The van der Waals surface area contributed by atoms with E-state index in [1.54, 1.807) is 0 Å². The van der Waals surface area contributed by atoms with Gasteiger partial charge in [0.25, 0.3) is 0 Å². The van der Waals surface area contributed by atoms with Crippen LogP contribution in [0.1, 0.15) is 30.9 Å². The minimum Gasteiger partial charge on any atom is -0.492 e. The number of para-hydroxylation sites is 2. The third-order valence-corrected chi connectivity index (χ3v) is 4.09. The maximum atomic E-state index is 12.6. The first kappa shape index (κ1) is 14.6. The number of hydrogen-bond acceptors (Lipinski definition) is 2. The highest BCUT2D eigenvalue weighted by molar-refractivity contribution is 5.93. The van der Waals surface area contributed by atoms with Crippen LogP contribution in [-0.2, 0) is 11.2 Å². The molecule has 1 N–H and O–H groups in total. The summed E-state index contributed by atoms with van der Waals surface area (Å²) < 4.78 is 5.71. The largest absolute Gasteiger partial charge is 0.492 e. The molecule has 0 bridgehead atoms. The number of anilines is 1. The normalized spacial score (nSPS) is 16.8.